The summed E-state index contributed by atoms with van der Waals surface area (Å²) in [5.74, 6) is -0.620. The minimum atomic E-state index is -0.755. The second-order valence-corrected chi connectivity index (χ2v) is 3.49. The molecule has 2 unspecified atom stereocenters. The molecule has 0 spiro atoms. The Morgan fingerprint density at radius 2 is 2.38 bits per heavy atom. The van der Waals surface area contributed by atoms with Gasteiger partial charge in [-0.3, -0.25) is 14.9 Å². The van der Waals surface area contributed by atoms with Crippen molar-refractivity contribution in [3.63, 3.8) is 0 Å². The third-order valence-corrected chi connectivity index (χ3v) is 2.88. The smallest absolute Gasteiger partial charge is 0.241 e. The van der Waals surface area contributed by atoms with Crippen molar-refractivity contribution in [1.82, 2.24) is 5.32 Å². The van der Waals surface area contributed by atoms with E-state index in [9.17, 15) is 9.59 Å². The van der Waals surface area contributed by atoms with E-state index in [1.165, 1.54) is 0 Å². The average Bonchev–Trinajstić information content (AvgIpc) is 2.41. The standard InChI is InChI=1S/C10H11NO2/c1-2-10-6-4-3-5-7(10)8(12)11-9(10)13/h2,4,6-7H,1,3,5H2,(H,11,12,13). The summed E-state index contributed by atoms with van der Waals surface area (Å²) in [6.45, 7) is 3.64. The Morgan fingerprint density at radius 1 is 1.62 bits per heavy atom. The number of hydrogen-bond acceptors (Lipinski definition) is 2. The summed E-state index contributed by atoms with van der Waals surface area (Å²) < 4.78 is 0. The number of nitrogens with one attached hydrogen (secondary N) is 1. The van der Waals surface area contributed by atoms with Gasteiger partial charge in [-0.15, -0.1) is 6.58 Å². The molecule has 68 valence electrons. The van der Waals surface area contributed by atoms with Crippen molar-refractivity contribution >= 4 is 11.8 Å². The Bertz CT molecular complexity index is 319. The first-order valence-electron chi connectivity index (χ1n) is 4.37. The van der Waals surface area contributed by atoms with Crippen LogP contribution in [-0.2, 0) is 9.59 Å². The second-order valence-electron chi connectivity index (χ2n) is 3.49. The molecule has 0 aromatic carbocycles. The number of imide groups is 1. The van der Waals surface area contributed by atoms with Crippen LogP contribution in [0.15, 0.2) is 24.8 Å². The van der Waals surface area contributed by atoms with Crippen LogP contribution < -0.4 is 5.32 Å². The molecule has 0 saturated carbocycles. The summed E-state index contributed by atoms with van der Waals surface area (Å²) in [7, 11) is 0. The average molecular weight is 177 g/mol. The predicted molar refractivity (Wildman–Crippen MR) is 47.6 cm³/mol. The zero-order chi connectivity index (χ0) is 9.47. The van der Waals surface area contributed by atoms with E-state index in [-0.39, 0.29) is 17.7 Å². The van der Waals surface area contributed by atoms with Crippen LogP contribution in [0.3, 0.4) is 0 Å². The quantitative estimate of drug-likeness (QED) is 0.475. The molecule has 1 aliphatic carbocycles. The Labute approximate surface area is 76.5 Å². The van der Waals surface area contributed by atoms with Gasteiger partial charge in [0.15, 0.2) is 0 Å². The van der Waals surface area contributed by atoms with Gasteiger partial charge in [0, 0.05) is 0 Å². The van der Waals surface area contributed by atoms with E-state index < -0.39 is 5.41 Å². The first-order chi connectivity index (χ1) is 6.20. The minimum Gasteiger partial charge on any atom is -0.295 e. The highest BCUT2D eigenvalue weighted by Crippen LogP contribution is 2.41. The van der Waals surface area contributed by atoms with E-state index in [1.807, 2.05) is 6.08 Å². The fourth-order valence-corrected chi connectivity index (χ4v) is 2.09. The molecule has 0 radical (unpaired) electrons. The number of carbonyl (C=O) groups excluding carboxylic acids is 2. The van der Waals surface area contributed by atoms with Crippen molar-refractivity contribution in [1.29, 1.82) is 0 Å². The Kier molecular flexibility index (Phi) is 1.62. The molecule has 1 heterocycles. The highest BCUT2D eigenvalue weighted by molar-refractivity contribution is 6.09. The molecule has 2 atom stereocenters. The van der Waals surface area contributed by atoms with E-state index in [0.717, 1.165) is 12.8 Å². The number of hydrogen-bond donors (Lipinski definition) is 1. The summed E-state index contributed by atoms with van der Waals surface area (Å²) in [5.41, 5.74) is -0.755. The lowest BCUT2D eigenvalue weighted by atomic mass is 9.72. The van der Waals surface area contributed by atoms with Crippen molar-refractivity contribution in [3.05, 3.63) is 24.8 Å². The summed E-state index contributed by atoms with van der Waals surface area (Å²) >= 11 is 0. The number of carbonyl (C=O) groups is 2. The number of allylic oxidation sites excluding steroid dienone is 1. The van der Waals surface area contributed by atoms with E-state index in [1.54, 1.807) is 12.2 Å². The summed E-state index contributed by atoms with van der Waals surface area (Å²) in [5, 5.41) is 2.35. The SMILES string of the molecule is C=CC12C=CCCC1C(=O)NC2=O. The van der Waals surface area contributed by atoms with Gasteiger partial charge in [-0.05, 0) is 12.8 Å². The first kappa shape index (κ1) is 8.23. The summed E-state index contributed by atoms with van der Waals surface area (Å²) in [4.78, 5) is 22.9. The maximum atomic E-state index is 11.5. The van der Waals surface area contributed by atoms with Gasteiger partial charge in [-0.1, -0.05) is 18.2 Å². The van der Waals surface area contributed by atoms with Gasteiger partial charge in [-0.2, -0.15) is 0 Å². The Balaban J connectivity index is 2.51. The Morgan fingerprint density at radius 3 is 3.00 bits per heavy atom. The first-order valence-corrected chi connectivity index (χ1v) is 4.37. The van der Waals surface area contributed by atoms with Crippen LogP contribution in [0.2, 0.25) is 0 Å². The molecule has 2 aliphatic rings. The summed E-state index contributed by atoms with van der Waals surface area (Å²) in [6, 6.07) is 0. The van der Waals surface area contributed by atoms with Gasteiger partial charge in [0.1, 0.15) is 0 Å². The molecule has 13 heavy (non-hydrogen) atoms. The largest absolute Gasteiger partial charge is 0.295 e. The van der Waals surface area contributed by atoms with Crippen molar-refractivity contribution in [2.75, 3.05) is 0 Å². The van der Waals surface area contributed by atoms with Crippen LogP contribution in [0.1, 0.15) is 12.8 Å². The topological polar surface area (TPSA) is 46.2 Å². The van der Waals surface area contributed by atoms with Crippen molar-refractivity contribution in [3.8, 4) is 0 Å². The van der Waals surface area contributed by atoms with E-state index >= 15 is 0 Å². The van der Waals surface area contributed by atoms with Gasteiger partial charge in [0.2, 0.25) is 11.8 Å². The Hall–Kier alpha value is -1.38. The van der Waals surface area contributed by atoms with Gasteiger partial charge in [-0.25, -0.2) is 0 Å². The van der Waals surface area contributed by atoms with Crippen LogP contribution in [0.5, 0.6) is 0 Å². The molecule has 0 aromatic rings. The lowest BCUT2D eigenvalue weighted by Crippen LogP contribution is -2.32. The number of rotatable bonds is 1. The van der Waals surface area contributed by atoms with Crippen LogP contribution in [0.25, 0.3) is 0 Å². The fraction of sp³-hybridized carbons (Fsp3) is 0.400. The molecule has 1 N–H and O–H groups in total. The molecule has 0 aromatic heterocycles. The van der Waals surface area contributed by atoms with Gasteiger partial charge in [0.25, 0.3) is 0 Å². The third-order valence-electron chi connectivity index (χ3n) is 2.88. The van der Waals surface area contributed by atoms with Gasteiger partial charge < -0.3 is 0 Å². The fourth-order valence-electron chi connectivity index (χ4n) is 2.09. The lowest BCUT2D eigenvalue weighted by molar-refractivity contribution is -0.126. The van der Waals surface area contributed by atoms with Gasteiger partial charge >= 0.3 is 0 Å². The normalized spacial score (nSPS) is 37.1. The molecule has 1 saturated heterocycles. The zero-order valence-electron chi connectivity index (χ0n) is 7.25. The van der Waals surface area contributed by atoms with Crippen LogP contribution in [-0.4, -0.2) is 11.8 Å². The molecule has 1 aliphatic heterocycles. The molecular weight excluding hydrogens is 166 g/mol. The highest BCUT2D eigenvalue weighted by Gasteiger charge is 2.52. The molecule has 2 rings (SSSR count). The van der Waals surface area contributed by atoms with Crippen LogP contribution in [0, 0.1) is 11.3 Å². The van der Waals surface area contributed by atoms with Crippen LogP contribution >= 0.6 is 0 Å². The maximum Gasteiger partial charge on any atom is 0.241 e. The second kappa shape index (κ2) is 2.55. The minimum absolute atomic E-state index is 0.158. The van der Waals surface area contributed by atoms with E-state index in [0.29, 0.717) is 0 Å². The molecule has 2 amide bonds. The monoisotopic (exact) mass is 177 g/mol. The third kappa shape index (κ3) is 0.899. The number of fused-ring (bicyclic) bond motifs is 1. The molecule has 3 heteroatoms. The molecule has 1 fully saturated rings. The molecule has 3 nitrogen and oxygen atoms in total. The van der Waals surface area contributed by atoms with Crippen molar-refractivity contribution < 1.29 is 9.59 Å². The van der Waals surface area contributed by atoms with Crippen molar-refractivity contribution in [2.45, 2.75) is 12.8 Å². The van der Waals surface area contributed by atoms with E-state index in [2.05, 4.69) is 11.9 Å². The lowest BCUT2D eigenvalue weighted by Gasteiger charge is -2.27. The van der Waals surface area contributed by atoms with E-state index in [4.69, 9.17) is 0 Å². The predicted octanol–water partition coefficient (Wildman–Crippen LogP) is 0.781. The highest BCUT2D eigenvalue weighted by atomic mass is 16.2. The molecule has 0 bridgehead atoms. The van der Waals surface area contributed by atoms with Gasteiger partial charge in [0.05, 0.1) is 11.3 Å². The number of amides is 2. The van der Waals surface area contributed by atoms with Crippen LogP contribution in [0.4, 0.5) is 0 Å². The maximum absolute atomic E-state index is 11.5. The van der Waals surface area contributed by atoms with Crippen molar-refractivity contribution in [2.24, 2.45) is 11.3 Å². The summed E-state index contributed by atoms with van der Waals surface area (Å²) in [6.07, 6.45) is 6.92. The molecular formula is C10H11NO2. The zero-order valence-corrected chi connectivity index (χ0v) is 7.25.